The molecule has 0 spiro atoms. The number of hydrogen-bond acceptors (Lipinski definition) is 4. The van der Waals surface area contributed by atoms with E-state index in [0.717, 1.165) is 5.69 Å². The zero-order valence-electron chi connectivity index (χ0n) is 9.72. The monoisotopic (exact) mass is 277 g/mol. The van der Waals surface area contributed by atoms with Gasteiger partial charge in [0.1, 0.15) is 6.67 Å². The Morgan fingerprint density at radius 2 is 2.26 bits per heavy atom. The largest absolute Gasteiger partial charge is 0.323 e. The minimum Gasteiger partial charge on any atom is -0.323 e. The van der Waals surface area contributed by atoms with Gasteiger partial charge in [-0.1, -0.05) is 23.7 Å². The molecule has 19 heavy (non-hydrogen) atoms. The van der Waals surface area contributed by atoms with Crippen LogP contribution in [0.4, 0.5) is 16.0 Å². The number of aromatic nitrogens is 4. The van der Waals surface area contributed by atoms with Crippen LogP contribution in [0.1, 0.15) is 5.56 Å². The maximum Gasteiger partial charge on any atom is 0.247 e. The van der Waals surface area contributed by atoms with E-state index in [1.54, 1.807) is 24.4 Å². The van der Waals surface area contributed by atoms with E-state index in [0.29, 0.717) is 17.2 Å². The molecule has 96 valence electrons. The fraction of sp³-hybridized carbons (Fsp3) is 0.0833. The minimum absolute atomic E-state index is 0.278. The molecule has 1 aromatic carbocycles. The van der Waals surface area contributed by atoms with Crippen molar-refractivity contribution < 1.29 is 4.39 Å². The average molecular weight is 278 g/mol. The first-order chi connectivity index (χ1) is 9.26. The molecular formula is C12H9ClFN5. The van der Waals surface area contributed by atoms with Gasteiger partial charge in [-0.05, 0) is 17.7 Å². The van der Waals surface area contributed by atoms with Gasteiger partial charge in [-0.25, -0.2) is 13.9 Å². The number of nitrogens with one attached hydrogen (secondary N) is 1. The van der Waals surface area contributed by atoms with Gasteiger partial charge in [0.05, 0.1) is 0 Å². The first-order valence-corrected chi connectivity index (χ1v) is 5.93. The first-order valence-electron chi connectivity index (χ1n) is 5.55. The summed E-state index contributed by atoms with van der Waals surface area (Å²) in [4.78, 5) is 8.14. The van der Waals surface area contributed by atoms with Gasteiger partial charge in [-0.15, -0.1) is 5.10 Å². The summed E-state index contributed by atoms with van der Waals surface area (Å²) in [6.07, 6.45) is 3.19. The SMILES string of the molecule is FCc1cccc(Nc2nc3c(Cl)nccn3n2)c1. The Hall–Kier alpha value is -2.21. The van der Waals surface area contributed by atoms with Crippen LogP contribution in [-0.4, -0.2) is 19.6 Å². The third kappa shape index (κ3) is 2.34. The molecule has 0 saturated carbocycles. The van der Waals surface area contributed by atoms with Gasteiger partial charge >= 0.3 is 0 Å². The minimum atomic E-state index is -0.510. The van der Waals surface area contributed by atoms with Gasteiger partial charge in [0.15, 0.2) is 10.8 Å². The van der Waals surface area contributed by atoms with E-state index in [2.05, 4.69) is 20.4 Å². The topological polar surface area (TPSA) is 55.1 Å². The quantitative estimate of drug-likeness (QED) is 0.800. The van der Waals surface area contributed by atoms with Crippen molar-refractivity contribution in [3.8, 4) is 0 Å². The number of nitrogens with zero attached hydrogens (tertiary/aromatic N) is 4. The van der Waals surface area contributed by atoms with Crippen molar-refractivity contribution in [2.45, 2.75) is 6.67 Å². The molecule has 1 N–H and O–H groups in total. The second kappa shape index (κ2) is 4.81. The highest BCUT2D eigenvalue weighted by Gasteiger charge is 2.07. The van der Waals surface area contributed by atoms with Gasteiger partial charge < -0.3 is 5.32 Å². The van der Waals surface area contributed by atoms with E-state index in [1.165, 1.54) is 10.7 Å². The van der Waals surface area contributed by atoms with Crippen LogP contribution < -0.4 is 5.32 Å². The molecule has 0 bridgehead atoms. The van der Waals surface area contributed by atoms with Crippen molar-refractivity contribution in [2.24, 2.45) is 0 Å². The normalized spacial score (nSPS) is 10.8. The van der Waals surface area contributed by atoms with Crippen LogP contribution in [0.25, 0.3) is 5.65 Å². The van der Waals surface area contributed by atoms with Gasteiger partial charge in [0, 0.05) is 18.1 Å². The van der Waals surface area contributed by atoms with Crippen molar-refractivity contribution in [3.05, 3.63) is 47.4 Å². The van der Waals surface area contributed by atoms with E-state index in [9.17, 15) is 4.39 Å². The number of benzene rings is 1. The molecule has 0 atom stereocenters. The summed E-state index contributed by atoms with van der Waals surface area (Å²) in [5.41, 5.74) is 1.77. The molecule has 0 fully saturated rings. The van der Waals surface area contributed by atoms with Crippen molar-refractivity contribution in [1.82, 2.24) is 19.6 Å². The lowest BCUT2D eigenvalue weighted by Crippen LogP contribution is -1.94. The Balaban J connectivity index is 1.94. The molecule has 3 aromatic rings. The first kappa shape index (κ1) is 11.9. The van der Waals surface area contributed by atoms with Gasteiger partial charge in [0.25, 0.3) is 0 Å². The van der Waals surface area contributed by atoms with Crippen LogP contribution in [0.15, 0.2) is 36.7 Å². The molecule has 0 radical (unpaired) electrons. The van der Waals surface area contributed by atoms with E-state index >= 15 is 0 Å². The number of alkyl halides is 1. The van der Waals surface area contributed by atoms with E-state index in [1.807, 2.05) is 6.07 Å². The molecule has 0 amide bonds. The zero-order chi connectivity index (χ0) is 13.2. The second-order valence-electron chi connectivity index (χ2n) is 3.88. The molecule has 0 aliphatic rings. The predicted octanol–water partition coefficient (Wildman–Crippen LogP) is 2.99. The summed E-state index contributed by atoms with van der Waals surface area (Å²) in [6.45, 7) is -0.510. The van der Waals surface area contributed by atoms with Crippen LogP contribution in [0.5, 0.6) is 0 Å². The zero-order valence-corrected chi connectivity index (χ0v) is 10.5. The van der Waals surface area contributed by atoms with Gasteiger partial charge in [-0.3, -0.25) is 0 Å². The average Bonchev–Trinajstić information content (AvgIpc) is 2.83. The summed E-state index contributed by atoms with van der Waals surface area (Å²) in [7, 11) is 0. The van der Waals surface area contributed by atoms with Crippen molar-refractivity contribution >= 4 is 28.9 Å². The molecule has 3 rings (SSSR count). The number of anilines is 2. The van der Waals surface area contributed by atoms with Crippen LogP contribution in [0.3, 0.4) is 0 Å². The van der Waals surface area contributed by atoms with Crippen LogP contribution in [0.2, 0.25) is 5.15 Å². The lowest BCUT2D eigenvalue weighted by Gasteiger charge is -2.02. The fourth-order valence-electron chi connectivity index (χ4n) is 1.70. The third-order valence-electron chi connectivity index (χ3n) is 2.55. The highest BCUT2D eigenvalue weighted by atomic mass is 35.5. The van der Waals surface area contributed by atoms with Crippen molar-refractivity contribution in [2.75, 3.05) is 5.32 Å². The molecule has 0 aliphatic carbocycles. The lowest BCUT2D eigenvalue weighted by molar-refractivity contribution is 0.485. The third-order valence-corrected chi connectivity index (χ3v) is 2.82. The lowest BCUT2D eigenvalue weighted by atomic mass is 10.2. The Morgan fingerprint density at radius 1 is 1.37 bits per heavy atom. The highest BCUT2D eigenvalue weighted by Crippen LogP contribution is 2.18. The van der Waals surface area contributed by atoms with Crippen molar-refractivity contribution in [1.29, 1.82) is 0 Å². The molecule has 0 aliphatic heterocycles. The molecule has 2 heterocycles. The molecule has 0 saturated heterocycles. The summed E-state index contributed by atoms with van der Waals surface area (Å²) >= 11 is 5.91. The highest BCUT2D eigenvalue weighted by molar-refractivity contribution is 6.32. The molecular weight excluding hydrogens is 269 g/mol. The summed E-state index contributed by atoms with van der Waals surface area (Å²) in [5, 5.41) is 7.48. The fourth-order valence-corrected chi connectivity index (χ4v) is 1.89. The summed E-state index contributed by atoms with van der Waals surface area (Å²) in [6, 6.07) is 6.99. The smallest absolute Gasteiger partial charge is 0.247 e. The Kier molecular flexibility index (Phi) is 3.00. The number of halogens is 2. The van der Waals surface area contributed by atoms with E-state index < -0.39 is 6.67 Å². The van der Waals surface area contributed by atoms with Crippen LogP contribution in [0, 0.1) is 0 Å². The molecule has 2 aromatic heterocycles. The second-order valence-corrected chi connectivity index (χ2v) is 4.24. The van der Waals surface area contributed by atoms with Gasteiger partial charge in [0.2, 0.25) is 5.95 Å². The van der Waals surface area contributed by atoms with Crippen molar-refractivity contribution in [3.63, 3.8) is 0 Å². The molecule has 5 nitrogen and oxygen atoms in total. The Morgan fingerprint density at radius 3 is 3.05 bits per heavy atom. The van der Waals surface area contributed by atoms with Crippen LogP contribution >= 0.6 is 11.6 Å². The molecule has 0 unspecified atom stereocenters. The number of fused-ring (bicyclic) bond motifs is 1. The standard InChI is InChI=1S/C12H9ClFN5/c13-10-11-17-12(18-19(11)5-4-15-10)16-9-3-1-2-8(6-9)7-14/h1-6H,7H2,(H,16,18). The van der Waals surface area contributed by atoms with Crippen LogP contribution in [-0.2, 0) is 6.67 Å². The van der Waals surface area contributed by atoms with Gasteiger partial charge in [-0.2, -0.15) is 4.98 Å². The maximum atomic E-state index is 12.6. The number of hydrogen-bond donors (Lipinski definition) is 1. The Bertz CT molecular complexity index is 727. The summed E-state index contributed by atoms with van der Waals surface area (Å²) in [5.74, 6) is 0.380. The summed E-state index contributed by atoms with van der Waals surface area (Å²) < 4.78 is 14.1. The van der Waals surface area contributed by atoms with E-state index in [4.69, 9.17) is 11.6 Å². The Labute approximate surface area is 113 Å². The maximum absolute atomic E-state index is 12.6. The number of rotatable bonds is 3. The van der Waals surface area contributed by atoms with E-state index in [-0.39, 0.29) is 5.15 Å². The predicted molar refractivity (Wildman–Crippen MR) is 70.3 cm³/mol. The molecule has 7 heteroatoms.